The number of hydrogen-bond donors (Lipinski definition) is 1. The lowest BCUT2D eigenvalue weighted by atomic mass is 10.1. The number of nitro benzene ring substituents is 1. The molecule has 1 heterocycles. The van der Waals surface area contributed by atoms with Gasteiger partial charge in [0.05, 0.1) is 22.2 Å². The van der Waals surface area contributed by atoms with Crippen LogP contribution in [0.4, 0.5) is 23.2 Å². The van der Waals surface area contributed by atoms with Gasteiger partial charge in [-0.1, -0.05) is 30.3 Å². The third-order valence-electron chi connectivity index (χ3n) is 5.32. The Balaban J connectivity index is 1.65. The third-order valence-corrected chi connectivity index (χ3v) is 5.32. The van der Waals surface area contributed by atoms with Crippen LogP contribution < -0.4 is 10.1 Å². The van der Waals surface area contributed by atoms with Crippen molar-refractivity contribution >= 4 is 11.6 Å². The molecule has 0 saturated carbocycles. The van der Waals surface area contributed by atoms with Crippen LogP contribution in [-0.2, 0) is 12.7 Å². The lowest BCUT2D eigenvalue weighted by Crippen LogP contribution is -2.24. The van der Waals surface area contributed by atoms with E-state index in [9.17, 15) is 32.5 Å². The first-order valence-electron chi connectivity index (χ1n) is 10.8. The van der Waals surface area contributed by atoms with Crippen molar-refractivity contribution < 1.29 is 32.0 Å². The van der Waals surface area contributed by atoms with Crippen LogP contribution in [0.2, 0.25) is 0 Å². The molecule has 12 heteroatoms. The Morgan fingerprint density at radius 1 is 1.08 bits per heavy atom. The van der Waals surface area contributed by atoms with Crippen LogP contribution in [-0.4, -0.2) is 20.6 Å². The fourth-order valence-corrected chi connectivity index (χ4v) is 3.47. The summed E-state index contributed by atoms with van der Waals surface area (Å²) >= 11 is 0. The van der Waals surface area contributed by atoms with Crippen molar-refractivity contribution in [2.75, 3.05) is 0 Å². The quantitative estimate of drug-likeness (QED) is 0.186. The van der Waals surface area contributed by atoms with Crippen LogP contribution in [0.3, 0.4) is 0 Å². The van der Waals surface area contributed by atoms with Crippen LogP contribution >= 0.6 is 0 Å². The number of nitrogens with zero attached hydrogens (tertiary/aromatic N) is 3. The molecule has 1 N–H and O–H groups in total. The number of ether oxygens (including phenoxy) is 1. The first kappa shape index (κ1) is 25.4. The number of non-ortho nitro benzene ring substituents is 1. The van der Waals surface area contributed by atoms with Crippen molar-refractivity contribution in [1.82, 2.24) is 15.1 Å². The molecule has 0 atom stereocenters. The lowest BCUT2D eigenvalue weighted by molar-refractivity contribution is -0.385. The molecular weight excluding hydrogens is 496 g/mol. The zero-order valence-electron chi connectivity index (χ0n) is 19.1. The zero-order valence-corrected chi connectivity index (χ0v) is 19.1. The summed E-state index contributed by atoms with van der Waals surface area (Å²) in [7, 11) is 0. The van der Waals surface area contributed by atoms with Gasteiger partial charge >= 0.3 is 6.18 Å². The Labute approximate surface area is 207 Å². The smallest absolute Gasteiger partial charge is 0.416 e. The molecule has 0 unspecified atom stereocenters. The van der Waals surface area contributed by atoms with Crippen molar-refractivity contribution in [3.8, 4) is 17.3 Å². The first-order chi connectivity index (χ1) is 17.5. The van der Waals surface area contributed by atoms with E-state index >= 15 is 0 Å². The highest BCUT2D eigenvalue weighted by molar-refractivity contribution is 5.94. The number of hydrogen-bond acceptors (Lipinski definition) is 5. The molecule has 0 aliphatic heterocycles. The minimum absolute atomic E-state index is 0.0248. The maximum Gasteiger partial charge on any atom is 0.416 e. The van der Waals surface area contributed by atoms with Crippen molar-refractivity contribution in [3.05, 3.63) is 111 Å². The largest absolute Gasteiger partial charge is 0.436 e. The van der Waals surface area contributed by atoms with E-state index in [1.807, 2.05) is 0 Å². The number of carbonyl (C=O) groups excluding carboxylic acids is 1. The maximum atomic E-state index is 14.5. The van der Waals surface area contributed by atoms with Gasteiger partial charge in [0, 0.05) is 18.2 Å². The summed E-state index contributed by atoms with van der Waals surface area (Å²) in [5, 5.41) is 17.7. The highest BCUT2D eigenvalue weighted by Crippen LogP contribution is 2.33. The number of benzene rings is 3. The number of nitro groups is 1. The van der Waals surface area contributed by atoms with Crippen molar-refractivity contribution in [1.29, 1.82) is 0 Å². The maximum absolute atomic E-state index is 14.5. The molecule has 3 aromatic carbocycles. The second kappa shape index (κ2) is 10.1. The highest BCUT2D eigenvalue weighted by atomic mass is 19.4. The van der Waals surface area contributed by atoms with E-state index in [1.165, 1.54) is 23.7 Å². The Hall–Kier alpha value is -4.74. The number of aromatic nitrogens is 2. The molecule has 1 aromatic heterocycles. The molecule has 4 rings (SSSR count). The van der Waals surface area contributed by atoms with E-state index in [2.05, 4.69) is 10.4 Å². The van der Waals surface area contributed by atoms with Crippen LogP contribution in [0.1, 0.15) is 27.2 Å². The summed E-state index contributed by atoms with van der Waals surface area (Å²) in [6.07, 6.45) is -4.52. The number of nitrogens with one attached hydrogen (secondary N) is 1. The fourth-order valence-electron chi connectivity index (χ4n) is 3.47. The minimum Gasteiger partial charge on any atom is -0.436 e. The van der Waals surface area contributed by atoms with Gasteiger partial charge in [-0.25, -0.2) is 4.39 Å². The van der Waals surface area contributed by atoms with Gasteiger partial charge in [0.25, 0.3) is 11.6 Å². The molecule has 0 bridgehead atoms. The Morgan fingerprint density at radius 3 is 2.46 bits per heavy atom. The van der Waals surface area contributed by atoms with E-state index in [4.69, 9.17) is 4.74 Å². The normalized spacial score (nSPS) is 11.3. The monoisotopic (exact) mass is 514 g/mol. The van der Waals surface area contributed by atoms with E-state index < -0.39 is 34.1 Å². The number of rotatable bonds is 7. The third kappa shape index (κ3) is 5.58. The topological polar surface area (TPSA) is 99.3 Å². The standard InChI is InChI=1S/C25H18F4N4O4/c1-15-22(23(34)30-14-16-6-5-7-17(12-16)25(27,28)29)31-32(18-8-3-2-4-9-18)24(15)37-21-11-10-19(33(35)36)13-20(21)26/h2-13H,14H2,1H3,(H,30,34). The second-order valence-electron chi connectivity index (χ2n) is 7.88. The van der Waals surface area contributed by atoms with Crippen molar-refractivity contribution in [2.45, 2.75) is 19.6 Å². The summed E-state index contributed by atoms with van der Waals surface area (Å²) in [6.45, 7) is 1.30. The summed E-state index contributed by atoms with van der Waals surface area (Å²) in [5.74, 6) is -2.05. The molecule has 37 heavy (non-hydrogen) atoms. The minimum atomic E-state index is -4.52. The molecule has 0 fully saturated rings. The van der Waals surface area contributed by atoms with Crippen molar-refractivity contribution in [2.24, 2.45) is 0 Å². The van der Waals surface area contributed by atoms with E-state index in [1.54, 1.807) is 30.3 Å². The predicted octanol–water partition coefficient (Wildman–Crippen LogP) is 5.97. The van der Waals surface area contributed by atoms with Gasteiger partial charge in [0.2, 0.25) is 5.88 Å². The summed E-state index contributed by atoms with van der Waals surface area (Å²) in [5.41, 5.74) is -0.499. The zero-order chi connectivity index (χ0) is 26.7. The van der Waals surface area contributed by atoms with Gasteiger partial charge in [0.1, 0.15) is 0 Å². The Morgan fingerprint density at radius 2 is 1.81 bits per heavy atom. The van der Waals surface area contributed by atoms with Crippen LogP contribution in [0.15, 0.2) is 72.8 Å². The molecule has 0 spiro atoms. The molecule has 4 aromatic rings. The average Bonchev–Trinajstić information content (AvgIpc) is 3.19. The molecule has 1 amide bonds. The van der Waals surface area contributed by atoms with Crippen LogP contribution in [0.25, 0.3) is 5.69 Å². The first-order valence-corrected chi connectivity index (χ1v) is 10.8. The second-order valence-corrected chi connectivity index (χ2v) is 7.88. The number of alkyl halides is 3. The van der Waals surface area contributed by atoms with Gasteiger partial charge in [-0.2, -0.15) is 23.0 Å². The molecule has 0 radical (unpaired) electrons. The SMILES string of the molecule is Cc1c(C(=O)NCc2cccc(C(F)(F)F)c2)nn(-c2ccccc2)c1Oc1ccc([N+](=O)[O-])cc1F. The predicted molar refractivity (Wildman–Crippen MR) is 124 cm³/mol. The summed E-state index contributed by atoms with van der Waals surface area (Å²) in [6, 6.07) is 15.9. The molecule has 190 valence electrons. The average molecular weight is 514 g/mol. The van der Waals surface area contributed by atoms with E-state index in [0.29, 0.717) is 11.8 Å². The fraction of sp³-hybridized carbons (Fsp3) is 0.120. The number of amides is 1. The number of para-hydroxylation sites is 1. The van der Waals surface area contributed by atoms with Gasteiger partial charge in [-0.05, 0) is 42.8 Å². The van der Waals surface area contributed by atoms with Crippen LogP contribution in [0, 0.1) is 22.9 Å². The molecule has 8 nitrogen and oxygen atoms in total. The summed E-state index contributed by atoms with van der Waals surface area (Å²) in [4.78, 5) is 23.1. The Kier molecular flexibility index (Phi) is 6.92. The van der Waals surface area contributed by atoms with Gasteiger partial charge in [0.15, 0.2) is 17.3 Å². The van der Waals surface area contributed by atoms with E-state index in [0.717, 1.165) is 24.3 Å². The highest BCUT2D eigenvalue weighted by Gasteiger charge is 2.30. The number of halogens is 4. The van der Waals surface area contributed by atoms with Gasteiger partial charge in [-0.15, -0.1) is 0 Å². The molecule has 0 saturated heterocycles. The Bertz CT molecular complexity index is 1470. The van der Waals surface area contributed by atoms with Crippen molar-refractivity contribution in [3.63, 3.8) is 0 Å². The summed E-state index contributed by atoms with van der Waals surface area (Å²) < 4.78 is 60.5. The van der Waals surface area contributed by atoms with Crippen LogP contribution in [0.5, 0.6) is 11.6 Å². The number of carbonyl (C=O) groups is 1. The van der Waals surface area contributed by atoms with Gasteiger partial charge in [-0.3, -0.25) is 14.9 Å². The molecule has 0 aliphatic rings. The van der Waals surface area contributed by atoms with E-state index in [-0.39, 0.29) is 35.0 Å². The molecular formula is C25H18F4N4O4. The van der Waals surface area contributed by atoms with Gasteiger partial charge < -0.3 is 10.1 Å². The molecule has 0 aliphatic carbocycles. The lowest BCUT2D eigenvalue weighted by Gasteiger charge is -2.10.